The van der Waals surface area contributed by atoms with E-state index in [4.69, 9.17) is 9.47 Å². The van der Waals surface area contributed by atoms with E-state index in [0.717, 1.165) is 42.6 Å². The second-order valence-electron chi connectivity index (χ2n) is 9.70. The first kappa shape index (κ1) is 20.1. The lowest BCUT2D eigenvalue weighted by Gasteiger charge is -2.56. The maximum absolute atomic E-state index is 12.6. The summed E-state index contributed by atoms with van der Waals surface area (Å²) in [6.07, 6.45) is 7.26. The topological polar surface area (TPSA) is 93.3 Å². The second-order valence-corrected chi connectivity index (χ2v) is 9.70. The zero-order valence-electron chi connectivity index (χ0n) is 17.9. The van der Waals surface area contributed by atoms with E-state index < -0.39 is 5.69 Å². The van der Waals surface area contributed by atoms with Gasteiger partial charge in [-0.25, -0.2) is 4.79 Å². The van der Waals surface area contributed by atoms with Gasteiger partial charge in [-0.3, -0.25) is 9.78 Å². The number of benzene rings is 1. The van der Waals surface area contributed by atoms with E-state index in [9.17, 15) is 9.59 Å². The zero-order valence-corrected chi connectivity index (χ0v) is 17.9. The van der Waals surface area contributed by atoms with Crippen LogP contribution in [0.2, 0.25) is 0 Å². The molecular formula is C24H29N3O4. The number of aryl methyl sites for hydroxylation is 1. The summed E-state index contributed by atoms with van der Waals surface area (Å²) in [6, 6.07) is 9.44. The molecule has 0 atom stereocenters. The highest BCUT2D eigenvalue weighted by atomic mass is 16.5. The number of nitrogens with zero attached hydrogens (tertiary/aromatic N) is 1. The molecule has 0 aliphatic heterocycles. The first-order valence-corrected chi connectivity index (χ1v) is 11.2. The Morgan fingerprint density at radius 2 is 1.74 bits per heavy atom. The van der Waals surface area contributed by atoms with Crippen molar-refractivity contribution in [3.63, 3.8) is 0 Å². The summed E-state index contributed by atoms with van der Waals surface area (Å²) < 4.78 is 11.2. The molecule has 1 heterocycles. The molecule has 31 heavy (non-hydrogen) atoms. The lowest BCUT2D eigenvalue weighted by molar-refractivity contribution is -0.128. The van der Waals surface area contributed by atoms with Crippen LogP contribution in [0.1, 0.15) is 49.7 Å². The Morgan fingerprint density at radius 3 is 2.39 bits per heavy atom. The predicted molar refractivity (Wildman–Crippen MR) is 115 cm³/mol. The lowest BCUT2D eigenvalue weighted by atomic mass is 9.53. The van der Waals surface area contributed by atoms with Crippen LogP contribution in [0.25, 0.3) is 0 Å². The van der Waals surface area contributed by atoms with Crippen molar-refractivity contribution in [2.75, 3.05) is 6.61 Å². The van der Waals surface area contributed by atoms with Crippen molar-refractivity contribution in [3.05, 3.63) is 51.9 Å². The van der Waals surface area contributed by atoms with Crippen LogP contribution in [0.4, 0.5) is 0 Å². The SMILES string of the molecule is Cc1ccc(COc2cc(OCC(=O)NC34CC5CC(CC(C5)C3)C4)[nH]c(=O)n2)cc1. The molecule has 1 amide bonds. The summed E-state index contributed by atoms with van der Waals surface area (Å²) in [7, 11) is 0. The number of ether oxygens (including phenoxy) is 2. The van der Waals surface area contributed by atoms with Gasteiger partial charge in [-0.05, 0) is 68.8 Å². The Balaban J connectivity index is 1.17. The quantitative estimate of drug-likeness (QED) is 0.714. The summed E-state index contributed by atoms with van der Waals surface area (Å²) in [5.41, 5.74) is 1.52. The highest BCUT2D eigenvalue weighted by Crippen LogP contribution is 2.55. The van der Waals surface area contributed by atoms with Crippen LogP contribution < -0.4 is 20.5 Å². The Hall–Kier alpha value is -2.83. The number of aromatic amines is 1. The minimum atomic E-state index is -0.571. The number of nitrogens with one attached hydrogen (secondary N) is 2. The van der Waals surface area contributed by atoms with E-state index >= 15 is 0 Å². The van der Waals surface area contributed by atoms with Crippen LogP contribution in [0.3, 0.4) is 0 Å². The van der Waals surface area contributed by atoms with E-state index in [1.54, 1.807) is 0 Å². The monoisotopic (exact) mass is 423 g/mol. The Bertz CT molecular complexity index is 979. The Morgan fingerprint density at radius 1 is 1.10 bits per heavy atom. The maximum Gasteiger partial charge on any atom is 0.351 e. The predicted octanol–water partition coefficient (Wildman–Crippen LogP) is 3.12. The van der Waals surface area contributed by atoms with Crippen molar-refractivity contribution in [2.45, 2.75) is 57.6 Å². The largest absolute Gasteiger partial charge is 0.473 e. The van der Waals surface area contributed by atoms with E-state index in [1.165, 1.54) is 30.9 Å². The number of hydrogen-bond donors (Lipinski definition) is 2. The Kier molecular flexibility index (Phi) is 5.20. The second kappa shape index (κ2) is 8.02. The van der Waals surface area contributed by atoms with Gasteiger partial charge in [0.2, 0.25) is 11.8 Å². The van der Waals surface area contributed by atoms with Crippen LogP contribution in [0, 0.1) is 24.7 Å². The van der Waals surface area contributed by atoms with Crippen molar-refractivity contribution in [2.24, 2.45) is 17.8 Å². The van der Waals surface area contributed by atoms with Gasteiger partial charge in [-0.1, -0.05) is 29.8 Å². The molecule has 164 valence electrons. The van der Waals surface area contributed by atoms with Crippen LogP contribution >= 0.6 is 0 Å². The van der Waals surface area contributed by atoms with Crippen LogP contribution in [-0.2, 0) is 11.4 Å². The highest BCUT2D eigenvalue weighted by molar-refractivity contribution is 5.78. The van der Waals surface area contributed by atoms with Crippen LogP contribution in [0.5, 0.6) is 11.8 Å². The summed E-state index contributed by atoms with van der Waals surface area (Å²) >= 11 is 0. The van der Waals surface area contributed by atoms with Gasteiger partial charge in [0.25, 0.3) is 5.91 Å². The molecule has 4 fully saturated rings. The van der Waals surface area contributed by atoms with Gasteiger partial charge in [0.15, 0.2) is 6.61 Å². The molecule has 4 aliphatic carbocycles. The smallest absolute Gasteiger partial charge is 0.351 e. The number of rotatable bonds is 7. The van der Waals surface area contributed by atoms with Crippen molar-refractivity contribution < 1.29 is 14.3 Å². The zero-order chi connectivity index (χ0) is 21.4. The number of amides is 1. The number of hydrogen-bond acceptors (Lipinski definition) is 5. The average Bonchev–Trinajstić information content (AvgIpc) is 2.70. The van der Waals surface area contributed by atoms with Crippen molar-refractivity contribution in [1.29, 1.82) is 0 Å². The Labute approximate surface area is 181 Å². The first-order chi connectivity index (χ1) is 14.9. The fourth-order valence-corrected chi connectivity index (χ4v) is 6.15. The van der Waals surface area contributed by atoms with Gasteiger partial charge >= 0.3 is 5.69 Å². The van der Waals surface area contributed by atoms with Crippen LogP contribution in [-0.4, -0.2) is 28.0 Å². The molecule has 2 aromatic rings. The molecule has 6 rings (SSSR count). The molecule has 7 nitrogen and oxygen atoms in total. The van der Waals surface area contributed by atoms with E-state index in [-0.39, 0.29) is 29.8 Å². The third-order valence-electron chi connectivity index (χ3n) is 7.01. The van der Waals surface area contributed by atoms with Crippen molar-refractivity contribution in [1.82, 2.24) is 15.3 Å². The minimum absolute atomic E-state index is 0.0524. The molecule has 0 radical (unpaired) electrons. The van der Waals surface area contributed by atoms with Gasteiger partial charge in [0.05, 0.1) is 6.07 Å². The summed E-state index contributed by atoms with van der Waals surface area (Å²) in [5.74, 6) is 2.49. The molecule has 1 aromatic carbocycles. The van der Waals surface area contributed by atoms with Crippen molar-refractivity contribution >= 4 is 5.91 Å². The fraction of sp³-hybridized carbons (Fsp3) is 0.542. The standard InChI is InChI=1S/C24H29N3O4/c1-15-2-4-16(5-3-15)13-30-21-9-22(26-23(29)25-21)31-14-20(28)27-24-10-17-6-18(11-24)8-19(7-17)12-24/h2-5,9,17-19H,6-8,10-14H2,1H3,(H,27,28)(H,25,26,29). The fourth-order valence-electron chi connectivity index (χ4n) is 6.15. The molecule has 4 aliphatic rings. The maximum atomic E-state index is 12.6. The van der Waals surface area contributed by atoms with Gasteiger partial charge in [-0.2, -0.15) is 4.98 Å². The third kappa shape index (κ3) is 4.60. The molecule has 7 heteroatoms. The number of aromatic nitrogens is 2. The van der Waals surface area contributed by atoms with E-state index in [2.05, 4.69) is 15.3 Å². The normalized spacial score (nSPS) is 28.4. The van der Waals surface area contributed by atoms with Gasteiger partial charge in [0, 0.05) is 5.54 Å². The summed E-state index contributed by atoms with van der Waals surface area (Å²) in [6.45, 7) is 2.17. The van der Waals surface area contributed by atoms with Crippen molar-refractivity contribution in [3.8, 4) is 11.8 Å². The molecule has 0 spiro atoms. The van der Waals surface area contributed by atoms with Gasteiger partial charge < -0.3 is 14.8 Å². The van der Waals surface area contributed by atoms with Gasteiger partial charge in [0.1, 0.15) is 6.61 Å². The lowest BCUT2D eigenvalue weighted by Crippen LogP contribution is -2.60. The molecule has 0 unspecified atom stereocenters. The summed E-state index contributed by atoms with van der Waals surface area (Å²) in [5, 5.41) is 3.27. The molecule has 2 N–H and O–H groups in total. The number of carbonyl (C=O) groups excluding carboxylic acids is 1. The molecule has 4 saturated carbocycles. The van der Waals surface area contributed by atoms with E-state index in [1.807, 2.05) is 31.2 Å². The molecule has 1 aromatic heterocycles. The average molecular weight is 424 g/mol. The van der Waals surface area contributed by atoms with Gasteiger partial charge in [-0.15, -0.1) is 0 Å². The molecule has 4 bridgehead atoms. The van der Waals surface area contributed by atoms with E-state index in [0.29, 0.717) is 6.61 Å². The summed E-state index contributed by atoms with van der Waals surface area (Å²) in [4.78, 5) is 30.9. The first-order valence-electron chi connectivity index (χ1n) is 11.2. The number of H-pyrrole nitrogens is 1. The third-order valence-corrected chi connectivity index (χ3v) is 7.01. The number of carbonyl (C=O) groups is 1. The minimum Gasteiger partial charge on any atom is -0.473 e. The van der Waals surface area contributed by atoms with Crippen LogP contribution in [0.15, 0.2) is 35.1 Å². The highest BCUT2D eigenvalue weighted by Gasteiger charge is 2.51. The molecule has 0 saturated heterocycles. The molecular weight excluding hydrogens is 394 g/mol.